The van der Waals surface area contributed by atoms with E-state index in [1.165, 1.54) is 0 Å². The first-order valence-corrected chi connectivity index (χ1v) is 5.07. The van der Waals surface area contributed by atoms with Crippen LogP contribution in [0, 0.1) is 0 Å². The van der Waals surface area contributed by atoms with Crippen molar-refractivity contribution in [2.24, 2.45) is 0 Å². The maximum atomic E-state index is 9.92. The highest BCUT2D eigenvalue weighted by atomic mass is 28.3. The first-order chi connectivity index (χ1) is 6.63. The standard InChI is InChI=1S/C4H2O3.C3H10O3Si/c5-3-1-2-4(6)7-3;1-4-7(5-2)6-3/h1-2H;7H,1-3H3. The number of hydrogen-bond donors (Lipinski definition) is 0. The van der Waals surface area contributed by atoms with Gasteiger partial charge in [-0.15, -0.1) is 0 Å². The smallest absolute Gasteiger partial charge is 0.387 e. The number of ether oxygens (including phenoxy) is 1. The van der Waals surface area contributed by atoms with Crippen molar-refractivity contribution in [1.82, 2.24) is 0 Å². The third-order valence-corrected chi connectivity index (χ3v) is 2.29. The third kappa shape index (κ3) is 5.59. The van der Waals surface area contributed by atoms with Crippen LogP contribution in [-0.2, 0) is 27.6 Å². The fraction of sp³-hybridized carbons (Fsp3) is 0.429. The normalized spacial score (nSPS) is 14.0. The average molecular weight is 220 g/mol. The molecule has 1 heterocycles. The average Bonchev–Trinajstić information content (AvgIpc) is 2.54. The topological polar surface area (TPSA) is 71.1 Å². The van der Waals surface area contributed by atoms with Crippen LogP contribution in [0.25, 0.3) is 0 Å². The van der Waals surface area contributed by atoms with Gasteiger partial charge >= 0.3 is 21.5 Å². The first-order valence-electron chi connectivity index (χ1n) is 3.66. The van der Waals surface area contributed by atoms with Gasteiger partial charge in [-0.1, -0.05) is 0 Å². The van der Waals surface area contributed by atoms with Crippen molar-refractivity contribution in [2.75, 3.05) is 21.3 Å². The van der Waals surface area contributed by atoms with E-state index >= 15 is 0 Å². The molecule has 0 unspecified atom stereocenters. The third-order valence-electron chi connectivity index (χ3n) is 1.13. The van der Waals surface area contributed by atoms with Gasteiger partial charge in [0, 0.05) is 33.5 Å². The van der Waals surface area contributed by atoms with Crippen LogP contribution in [-0.4, -0.2) is 42.8 Å². The first kappa shape index (κ1) is 13.0. The zero-order valence-corrected chi connectivity index (χ0v) is 9.34. The predicted molar refractivity (Wildman–Crippen MR) is 48.4 cm³/mol. The summed E-state index contributed by atoms with van der Waals surface area (Å²) in [7, 11) is 3.05. The Morgan fingerprint density at radius 1 is 1.00 bits per heavy atom. The molecular formula is C7H12O6Si. The van der Waals surface area contributed by atoms with E-state index in [1.54, 1.807) is 21.3 Å². The summed E-state index contributed by atoms with van der Waals surface area (Å²) in [5, 5.41) is 0. The molecule has 1 aliphatic heterocycles. The van der Waals surface area contributed by atoms with Crippen LogP contribution in [0.15, 0.2) is 12.2 Å². The van der Waals surface area contributed by atoms with E-state index in [0.717, 1.165) is 12.2 Å². The van der Waals surface area contributed by atoms with Crippen molar-refractivity contribution in [2.45, 2.75) is 0 Å². The number of hydrogen-bond acceptors (Lipinski definition) is 6. The summed E-state index contributed by atoms with van der Waals surface area (Å²) in [6, 6.07) is 0. The maximum absolute atomic E-state index is 9.92. The van der Waals surface area contributed by atoms with E-state index in [9.17, 15) is 9.59 Å². The Hall–Kier alpha value is -1.02. The number of carbonyl (C=O) groups is 2. The minimum absolute atomic E-state index is 0.579. The van der Waals surface area contributed by atoms with Gasteiger partial charge in [0.25, 0.3) is 0 Å². The van der Waals surface area contributed by atoms with E-state index in [0.29, 0.717) is 0 Å². The molecule has 0 atom stereocenters. The summed E-state index contributed by atoms with van der Waals surface area (Å²) >= 11 is 0. The van der Waals surface area contributed by atoms with Gasteiger partial charge < -0.3 is 18.0 Å². The summed E-state index contributed by atoms with van der Waals surface area (Å²) in [4.78, 5) is 19.8. The van der Waals surface area contributed by atoms with E-state index in [1.807, 2.05) is 0 Å². The van der Waals surface area contributed by atoms with E-state index < -0.39 is 21.5 Å². The van der Waals surface area contributed by atoms with Gasteiger partial charge in [0.05, 0.1) is 0 Å². The van der Waals surface area contributed by atoms with Crippen molar-refractivity contribution in [3.63, 3.8) is 0 Å². The summed E-state index contributed by atoms with van der Waals surface area (Å²) in [6.07, 6.45) is 2.17. The summed E-state index contributed by atoms with van der Waals surface area (Å²) < 4.78 is 18.2. The van der Waals surface area contributed by atoms with E-state index in [-0.39, 0.29) is 0 Å². The Balaban J connectivity index is 0.000000241. The minimum atomic E-state index is -1.67. The molecule has 6 nitrogen and oxygen atoms in total. The second-order valence-corrected chi connectivity index (χ2v) is 4.06. The van der Waals surface area contributed by atoms with Crippen molar-refractivity contribution < 1.29 is 27.6 Å². The second kappa shape index (κ2) is 7.39. The van der Waals surface area contributed by atoms with Gasteiger partial charge in [0.15, 0.2) is 0 Å². The molecule has 0 aromatic rings. The SMILES string of the molecule is CO[SiH](OC)OC.O=C1C=CC(=O)O1. The van der Waals surface area contributed by atoms with E-state index in [2.05, 4.69) is 4.74 Å². The molecule has 0 bridgehead atoms. The van der Waals surface area contributed by atoms with Gasteiger partial charge in [0.2, 0.25) is 0 Å². The summed E-state index contributed by atoms with van der Waals surface area (Å²) in [5.74, 6) is -1.16. The van der Waals surface area contributed by atoms with Gasteiger partial charge in [-0.25, -0.2) is 9.59 Å². The van der Waals surface area contributed by atoms with Crippen LogP contribution in [0.2, 0.25) is 0 Å². The monoisotopic (exact) mass is 220 g/mol. The molecule has 7 heteroatoms. The molecule has 1 rings (SSSR count). The lowest BCUT2D eigenvalue weighted by Gasteiger charge is -2.05. The molecule has 80 valence electrons. The summed E-state index contributed by atoms with van der Waals surface area (Å²) in [6.45, 7) is 0. The summed E-state index contributed by atoms with van der Waals surface area (Å²) in [5.41, 5.74) is 0. The van der Waals surface area contributed by atoms with Gasteiger partial charge in [-0.05, 0) is 0 Å². The quantitative estimate of drug-likeness (QED) is 0.355. The molecule has 0 saturated heterocycles. The zero-order valence-electron chi connectivity index (χ0n) is 8.18. The van der Waals surface area contributed by atoms with Crippen LogP contribution in [0.5, 0.6) is 0 Å². The van der Waals surface area contributed by atoms with Crippen LogP contribution in [0.1, 0.15) is 0 Å². The molecule has 0 saturated carbocycles. The Labute approximate surface area is 83.4 Å². The van der Waals surface area contributed by atoms with Gasteiger partial charge in [-0.3, -0.25) is 0 Å². The molecular weight excluding hydrogens is 208 g/mol. The largest absolute Gasteiger partial charge is 0.483 e. The molecule has 14 heavy (non-hydrogen) atoms. The second-order valence-electron chi connectivity index (χ2n) is 2.07. The van der Waals surface area contributed by atoms with Crippen molar-refractivity contribution >= 4 is 21.5 Å². The Morgan fingerprint density at radius 3 is 1.43 bits per heavy atom. The maximum Gasteiger partial charge on any atom is 0.483 e. The fourth-order valence-electron chi connectivity index (χ4n) is 0.592. The highest BCUT2D eigenvalue weighted by molar-refractivity contribution is 6.36. The molecule has 0 amide bonds. The molecule has 0 N–H and O–H groups in total. The van der Waals surface area contributed by atoms with Crippen LogP contribution < -0.4 is 0 Å². The van der Waals surface area contributed by atoms with Crippen molar-refractivity contribution in [1.29, 1.82) is 0 Å². The highest BCUT2D eigenvalue weighted by Gasteiger charge is 2.10. The lowest BCUT2D eigenvalue weighted by Crippen LogP contribution is -2.21. The molecule has 0 radical (unpaired) electrons. The molecule has 0 aliphatic carbocycles. The van der Waals surface area contributed by atoms with Crippen LogP contribution in [0.4, 0.5) is 0 Å². The minimum Gasteiger partial charge on any atom is -0.387 e. The molecule has 0 spiro atoms. The lowest BCUT2D eigenvalue weighted by atomic mass is 10.6. The molecule has 0 fully saturated rings. The Kier molecular flexibility index (Phi) is 6.85. The van der Waals surface area contributed by atoms with Crippen molar-refractivity contribution in [3.05, 3.63) is 12.2 Å². The molecule has 0 aromatic heterocycles. The number of rotatable bonds is 3. The van der Waals surface area contributed by atoms with E-state index in [4.69, 9.17) is 13.3 Å². The fourth-order valence-corrected chi connectivity index (χ4v) is 1.17. The highest BCUT2D eigenvalue weighted by Crippen LogP contribution is 1.92. The predicted octanol–water partition coefficient (Wildman–Crippen LogP) is -0.731. The van der Waals surface area contributed by atoms with Crippen LogP contribution in [0.3, 0.4) is 0 Å². The number of carbonyl (C=O) groups excluding carboxylic acids is 2. The molecule has 1 aliphatic rings. The lowest BCUT2D eigenvalue weighted by molar-refractivity contribution is -0.150. The van der Waals surface area contributed by atoms with Crippen LogP contribution >= 0.6 is 0 Å². The van der Waals surface area contributed by atoms with Gasteiger partial charge in [-0.2, -0.15) is 0 Å². The van der Waals surface area contributed by atoms with Crippen molar-refractivity contribution in [3.8, 4) is 0 Å². The Morgan fingerprint density at radius 2 is 1.36 bits per heavy atom. The zero-order chi connectivity index (χ0) is 11.0. The number of cyclic esters (lactones) is 2. The Bertz CT molecular complexity index is 201. The molecule has 0 aromatic carbocycles. The van der Waals surface area contributed by atoms with Gasteiger partial charge in [0.1, 0.15) is 0 Å². The number of esters is 2.